The molecule has 134 valence electrons. The zero-order chi connectivity index (χ0) is 18.7. The molecule has 0 amide bonds. The molecule has 2 heterocycles. The van der Waals surface area contributed by atoms with Crippen molar-refractivity contribution in [2.24, 2.45) is 0 Å². The Morgan fingerprint density at radius 3 is 2.85 bits per heavy atom. The van der Waals surface area contributed by atoms with Crippen molar-refractivity contribution in [3.05, 3.63) is 52.2 Å². The summed E-state index contributed by atoms with van der Waals surface area (Å²) in [5.41, 5.74) is 0.599. The van der Waals surface area contributed by atoms with E-state index < -0.39 is 17.3 Å². The Morgan fingerprint density at radius 2 is 2.12 bits per heavy atom. The highest BCUT2D eigenvalue weighted by molar-refractivity contribution is 6.30. The number of benzene rings is 1. The van der Waals surface area contributed by atoms with Crippen molar-refractivity contribution in [1.29, 1.82) is 0 Å². The Bertz CT molecular complexity index is 1040. The number of fused-ring (bicyclic) bond motifs is 1. The van der Waals surface area contributed by atoms with E-state index in [1.165, 1.54) is 17.2 Å². The lowest BCUT2D eigenvalue weighted by Gasteiger charge is -2.06. The van der Waals surface area contributed by atoms with Crippen LogP contribution in [0.4, 0.5) is 0 Å². The number of carbonyl (C=O) groups is 2. The van der Waals surface area contributed by atoms with E-state index in [-0.39, 0.29) is 25.0 Å². The smallest absolute Gasteiger partial charge is 0.313 e. The van der Waals surface area contributed by atoms with E-state index in [1.807, 2.05) is 0 Å². The summed E-state index contributed by atoms with van der Waals surface area (Å²) in [6.07, 6.45) is 2.26. The molecule has 3 aromatic rings. The first-order chi connectivity index (χ1) is 12.5. The molecule has 0 radical (unpaired) electrons. The van der Waals surface area contributed by atoms with E-state index in [1.54, 1.807) is 31.2 Å². The second-order valence-corrected chi connectivity index (χ2v) is 5.91. The van der Waals surface area contributed by atoms with Crippen LogP contribution in [0.2, 0.25) is 5.02 Å². The summed E-state index contributed by atoms with van der Waals surface area (Å²) in [5.74, 6) is -1.05. The predicted octanol–water partition coefficient (Wildman–Crippen LogP) is 1.76. The molecule has 9 heteroatoms. The van der Waals surface area contributed by atoms with Gasteiger partial charge in [-0.25, -0.2) is 9.67 Å². The largest absolute Gasteiger partial charge is 0.466 e. The Labute approximate surface area is 153 Å². The zero-order valence-corrected chi connectivity index (χ0v) is 14.6. The summed E-state index contributed by atoms with van der Waals surface area (Å²) in [6.45, 7) is 1.59. The Hall–Kier alpha value is -3.00. The third-order valence-electron chi connectivity index (χ3n) is 3.60. The molecule has 3 rings (SSSR count). The molecule has 0 atom stereocenters. The van der Waals surface area contributed by atoms with Gasteiger partial charge >= 0.3 is 5.97 Å². The lowest BCUT2D eigenvalue weighted by Crippen LogP contribution is -2.26. The van der Waals surface area contributed by atoms with Gasteiger partial charge in [0, 0.05) is 5.02 Å². The van der Waals surface area contributed by atoms with E-state index in [4.69, 9.17) is 16.3 Å². The minimum atomic E-state index is -0.617. The number of halogens is 1. The molecule has 0 bridgehead atoms. The summed E-state index contributed by atoms with van der Waals surface area (Å²) in [6, 6.07) is 6.98. The number of rotatable bonds is 6. The van der Waals surface area contributed by atoms with Crippen LogP contribution < -0.4 is 5.56 Å². The zero-order valence-electron chi connectivity index (χ0n) is 13.9. The molecule has 0 aliphatic heterocycles. The second-order valence-electron chi connectivity index (χ2n) is 5.47. The van der Waals surface area contributed by atoms with Crippen LogP contribution in [0.3, 0.4) is 0 Å². The van der Waals surface area contributed by atoms with Gasteiger partial charge in [0.25, 0.3) is 5.56 Å². The fraction of sp³-hybridized carbons (Fsp3) is 0.235. The number of Topliss-reactive ketones (excluding diaryl/α,β-unsaturated/α-hetero) is 1. The van der Waals surface area contributed by atoms with Gasteiger partial charge in [0.15, 0.2) is 11.4 Å². The fourth-order valence-corrected chi connectivity index (χ4v) is 2.66. The molecule has 0 unspecified atom stereocenters. The number of ketones is 1. The van der Waals surface area contributed by atoms with Gasteiger partial charge in [0.05, 0.1) is 25.0 Å². The maximum Gasteiger partial charge on any atom is 0.313 e. The van der Waals surface area contributed by atoms with Crippen LogP contribution in [0.1, 0.15) is 13.3 Å². The maximum atomic E-state index is 12.6. The Morgan fingerprint density at radius 1 is 1.31 bits per heavy atom. The standard InChI is InChI=1S/C17H15ClN4O4/c1-2-26-15(24)7-13(23)9-21-10-19-16-14(17(21)25)8-20-22(16)12-5-3-4-11(18)6-12/h3-6,8,10H,2,7,9H2,1H3. The van der Waals surface area contributed by atoms with Crippen LogP contribution in [0.15, 0.2) is 41.6 Å². The van der Waals surface area contributed by atoms with E-state index in [0.717, 1.165) is 4.57 Å². The molecule has 0 aliphatic carbocycles. The summed E-state index contributed by atoms with van der Waals surface area (Å²) in [5, 5.41) is 4.98. The lowest BCUT2D eigenvalue weighted by molar-refractivity contribution is -0.145. The average Bonchev–Trinajstić information content (AvgIpc) is 3.02. The molecule has 0 N–H and O–H groups in total. The number of esters is 1. The van der Waals surface area contributed by atoms with Gasteiger partial charge in [-0.1, -0.05) is 17.7 Å². The number of nitrogens with zero attached hydrogens (tertiary/aromatic N) is 4. The van der Waals surface area contributed by atoms with Crippen molar-refractivity contribution in [2.45, 2.75) is 19.9 Å². The molecule has 8 nitrogen and oxygen atoms in total. The molecule has 0 aliphatic rings. The SMILES string of the molecule is CCOC(=O)CC(=O)Cn1cnc2c(cnn2-c2cccc(Cl)c2)c1=O. The Balaban J connectivity index is 1.89. The summed E-state index contributed by atoms with van der Waals surface area (Å²) in [7, 11) is 0. The lowest BCUT2D eigenvalue weighted by atomic mass is 10.3. The van der Waals surface area contributed by atoms with Crippen LogP contribution in [-0.2, 0) is 20.9 Å². The van der Waals surface area contributed by atoms with Crippen molar-refractivity contribution in [2.75, 3.05) is 6.61 Å². The quantitative estimate of drug-likeness (QED) is 0.482. The molecule has 0 spiro atoms. The third kappa shape index (κ3) is 3.65. The first kappa shape index (κ1) is 17.8. The van der Waals surface area contributed by atoms with Crippen molar-refractivity contribution >= 4 is 34.4 Å². The minimum absolute atomic E-state index is 0.197. The molecule has 2 aromatic heterocycles. The monoisotopic (exact) mass is 374 g/mol. The first-order valence-electron chi connectivity index (χ1n) is 7.86. The summed E-state index contributed by atoms with van der Waals surface area (Å²) >= 11 is 5.99. The third-order valence-corrected chi connectivity index (χ3v) is 3.84. The second kappa shape index (κ2) is 7.49. The highest BCUT2D eigenvalue weighted by Crippen LogP contribution is 2.17. The summed E-state index contributed by atoms with van der Waals surface area (Å²) in [4.78, 5) is 40.1. The number of carbonyl (C=O) groups excluding carboxylic acids is 2. The van der Waals surface area contributed by atoms with Gasteiger partial charge in [-0.15, -0.1) is 0 Å². The van der Waals surface area contributed by atoms with E-state index in [2.05, 4.69) is 10.1 Å². The van der Waals surface area contributed by atoms with Gasteiger partial charge in [-0.05, 0) is 25.1 Å². The highest BCUT2D eigenvalue weighted by atomic mass is 35.5. The molecule has 26 heavy (non-hydrogen) atoms. The Kier molecular flexibility index (Phi) is 5.13. The number of ether oxygens (including phenoxy) is 1. The van der Waals surface area contributed by atoms with Crippen molar-refractivity contribution in [3.63, 3.8) is 0 Å². The van der Waals surface area contributed by atoms with Crippen molar-refractivity contribution in [1.82, 2.24) is 19.3 Å². The number of hydrogen-bond donors (Lipinski definition) is 0. The van der Waals surface area contributed by atoms with Crippen LogP contribution in [0.25, 0.3) is 16.7 Å². The van der Waals surface area contributed by atoms with Gasteiger partial charge in [-0.2, -0.15) is 5.10 Å². The maximum absolute atomic E-state index is 12.6. The minimum Gasteiger partial charge on any atom is -0.466 e. The molecule has 0 saturated carbocycles. The van der Waals surface area contributed by atoms with Gasteiger partial charge in [0.1, 0.15) is 18.1 Å². The predicted molar refractivity (Wildman–Crippen MR) is 94.4 cm³/mol. The van der Waals surface area contributed by atoms with E-state index in [9.17, 15) is 14.4 Å². The first-order valence-corrected chi connectivity index (χ1v) is 8.24. The molecule has 1 aromatic carbocycles. The van der Waals surface area contributed by atoms with Gasteiger partial charge in [-0.3, -0.25) is 19.0 Å². The van der Waals surface area contributed by atoms with Crippen molar-refractivity contribution < 1.29 is 14.3 Å². The van der Waals surface area contributed by atoms with E-state index >= 15 is 0 Å². The molecular formula is C17H15ClN4O4. The van der Waals surface area contributed by atoms with Crippen LogP contribution in [-0.4, -0.2) is 37.7 Å². The summed E-state index contributed by atoms with van der Waals surface area (Å²) < 4.78 is 7.37. The van der Waals surface area contributed by atoms with Gasteiger partial charge in [0.2, 0.25) is 0 Å². The van der Waals surface area contributed by atoms with Crippen LogP contribution in [0.5, 0.6) is 0 Å². The number of hydrogen-bond acceptors (Lipinski definition) is 6. The molecule has 0 fully saturated rings. The van der Waals surface area contributed by atoms with Crippen LogP contribution in [0, 0.1) is 0 Å². The van der Waals surface area contributed by atoms with Crippen molar-refractivity contribution in [3.8, 4) is 5.69 Å². The topological polar surface area (TPSA) is 96.1 Å². The average molecular weight is 375 g/mol. The molecular weight excluding hydrogens is 360 g/mol. The van der Waals surface area contributed by atoms with Gasteiger partial charge < -0.3 is 4.74 Å². The van der Waals surface area contributed by atoms with Crippen LogP contribution >= 0.6 is 11.6 Å². The highest BCUT2D eigenvalue weighted by Gasteiger charge is 2.15. The normalized spacial score (nSPS) is 10.8. The van der Waals surface area contributed by atoms with E-state index in [0.29, 0.717) is 16.4 Å². The number of aromatic nitrogens is 4. The molecule has 0 saturated heterocycles. The fourth-order valence-electron chi connectivity index (χ4n) is 2.48.